The Balaban J connectivity index is 1.77. The third kappa shape index (κ3) is 5.15. The minimum Gasteiger partial charge on any atom is -0.406 e. The van der Waals surface area contributed by atoms with Crippen LogP contribution in [0.3, 0.4) is 0 Å². The number of aliphatic hydroxyl groups is 1. The number of fused-ring (bicyclic) bond motifs is 1. The molecule has 1 aliphatic heterocycles. The van der Waals surface area contributed by atoms with Gasteiger partial charge in [-0.25, -0.2) is 0 Å². The van der Waals surface area contributed by atoms with Gasteiger partial charge in [0.2, 0.25) is 0 Å². The summed E-state index contributed by atoms with van der Waals surface area (Å²) in [4.78, 5) is 16.6. The molecule has 1 aromatic heterocycles. The van der Waals surface area contributed by atoms with Gasteiger partial charge in [0.05, 0.1) is 23.4 Å². The van der Waals surface area contributed by atoms with E-state index < -0.39 is 23.9 Å². The molecule has 8 nitrogen and oxygen atoms in total. The average molecular weight is 488 g/mol. The summed E-state index contributed by atoms with van der Waals surface area (Å²) in [5.74, 6) is -0.0334. The van der Waals surface area contributed by atoms with Crippen LogP contribution in [-0.2, 0) is 4.74 Å². The lowest BCUT2D eigenvalue weighted by atomic mass is 10.1. The standard InChI is InChI=1S/C24H23F3N4O4/c1-29(20-8-5-13-30(23(20)33)14-15-34-2)21-18-6-3-4-7-19(18)22(32)31(28-21)16-9-11-17(12-10-16)35-24(25,26)27/h3-13,23,33H,14-15H2,1-2H3. The lowest BCUT2D eigenvalue weighted by Crippen LogP contribution is -2.41. The molecule has 1 atom stereocenters. The second-order valence-electron chi connectivity index (χ2n) is 7.72. The van der Waals surface area contributed by atoms with Crippen molar-refractivity contribution < 1.29 is 27.8 Å². The zero-order valence-corrected chi connectivity index (χ0v) is 18.9. The van der Waals surface area contributed by atoms with Gasteiger partial charge in [-0.1, -0.05) is 18.2 Å². The maximum Gasteiger partial charge on any atom is 0.573 e. The zero-order valence-electron chi connectivity index (χ0n) is 18.9. The summed E-state index contributed by atoms with van der Waals surface area (Å²) < 4.78 is 47.7. The number of aliphatic hydroxyl groups excluding tert-OH is 1. The van der Waals surface area contributed by atoms with Crippen molar-refractivity contribution in [1.29, 1.82) is 0 Å². The van der Waals surface area contributed by atoms with Crippen LogP contribution in [0.15, 0.2) is 77.4 Å². The van der Waals surface area contributed by atoms with E-state index in [-0.39, 0.29) is 5.69 Å². The molecule has 35 heavy (non-hydrogen) atoms. The van der Waals surface area contributed by atoms with Gasteiger partial charge in [-0.05, 0) is 42.5 Å². The van der Waals surface area contributed by atoms with Crippen molar-refractivity contribution >= 4 is 16.6 Å². The summed E-state index contributed by atoms with van der Waals surface area (Å²) in [6.07, 6.45) is -0.539. The maximum absolute atomic E-state index is 13.2. The first-order valence-electron chi connectivity index (χ1n) is 10.6. The van der Waals surface area contributed by atoms with Gasteiger partial charge in [-0.3, -0.25) is 4.79 Å². The van der Waals surface area contributed by atoms with Crippen molar-refractivity contribution in [3.8, 4) is 11.4 Å². The summed E-state index contributed by atoms with van der Waals surface area (Å²) in [5.41, 5.74) is 0.326. The van der Waals surface area contributed by atoms with Crippen LogP contribution in [0.5, 0.6) is 5.75 Å². The van der Waals surface area contributed by atoms with Crippen molar-refractivity contribution in [2.45, 2.75) is 12.6 Å². The lowest BCUT2D eigenvalue weighted by molar-refractivity contribution is -0.274. The number of anilines is 1. The van der Waals surface area contributed by atoms with Crippen LogP contribution in [-0.4, -0.2) is 59.7 Å². The molecular weight excluding hydrogens is 465 g/mol. The van der Waals surface area contributed by atoms with Crippen LogP contribution in [0.25, 0.3) is 16.5 Å². The summed E-state index contributed by atoms with van der Waals surface area (Å²) in [7, 11) is 3.29. The number of benzene rings is 2. The van der Waals surface area contributed by atoms with E-state index in [9.17, 15) is 23.1 Å². The minimum absolute atomic E-state index is 0.254. The molecule has 0 amide bonds. The van der Waals surface area contributed by atoms with Crippen LogP contribution in [0.4, 0.5) is 19.0 Å². The molecule has 0 saturated heterocycles. The van der Waals surface area contributed by atoms with Crippen LogP contribution in [0.1, 0.15) is 0 Å². The van der Waals surface area contributed by atoms with Gasteiger partial charge in [-0.15, -0.1) is 18.3 Å². The Labute approximate surface area is 198 Å². The highest BCUT2D eigenvalue weighted by atomic mass is 19.4. The SMILES string of the molecule is COCCN1C=CC=C(N(C)c2nn(-c3ccc(OC(F)(F)F)cc3)c(=O)c3ccccc23)C1O. The highest BCUT2D eigenvalue weighted by Gasteiger charge is 2.31. The summed E-state index contributed by atoms with van der Waals surface area (Å²) in [6.45, 7) is 0.873. The maximum atomic E-state index is 13.2. The number of methoxy groups -OCH3 is 1. The van der Waals surface area contributed by atoms with E-state index in [4.69, 9.17) is 4.74 Å². The molecule has 2 aromatic carbocycles. The first-order valence-corrected chi connectivity index (χ1v) is 10.6. The van der Waals surface area contributed by atoms with E-state index in [1.54, 1.807) is 66.6 Å². The number of hydrogen-bond acceptors (Lipinski definition) is 7. The van der Waals surface area contributed by atoms with Crippen molar-refractivity contribution in [1.82, 2.24) is 14.7 Å². The fraction of sp³-hybridized carbons (Fsp3) is 0.250. The van der Waals surface area contributed by atoms with Crippen LogP contribution in [0, 0.1) is 0 Å². The van der Waals surface area contributed by atoms with Gasteiger partial charge in [0.15, 0.2) is 12.0 Å². The lowest BCUT2D eigenvalue weighted by Gasteiger charge is -2.35. The van der Waals surface area contributed by atoms with Crippen molar-refractivity contribution in [2.24, 2.45) is 0 Å². The number of likely N-dealkylation sites (N-methyl/N-ethyl adjacent to an activating group) is 1. The average Bonchev–Trinajstić information content (AvgIpc) is 2.83. The largest absolute Gasteiger partial charge is 0.573 e. The molecule has 1 unspecified atom stereocenters. The first kappa shape index (κ1) is 24.3. The highest BCUT2D eigenvalue weighted by molar-refractivity contribution is 5.92. The molecule has 0 aliphatic carbocycles. The Kier molecular flexibility index (Phi) is 6.81. The molecule has 0 spiro atoms. The number of ether oxygens (including phenoxy) is 2. The molecule has 0 fully saturated rings. The third-order valence-electron chi connectivity index (χ3n) is 5.48. The highest BCUT2D eigenvalue weighted by Crippen LogP contribution is 2.29. The molecule has 1 N–H and O–H groups in total. The Morgan fingerprint density at radius 1 is 1.11 bits per heavy atom. The molecular formula is C24H23F3N4O4. The normalized spacial score (nSPS) is 15.9. The summed E-state index contributed by atoms with van der Waals surface area (Å²) in [5, 5.41) is 16.4. The van der Waals surface area contributed by atoms with E-state index in [2.05, 4.69) is 9.84 Å². The molecule has 1 aliphatic rings. The van der Waals surface area contributed by atoms with Crippen molar-refractivity contribution in [2.75, 3.05) is 32.2 Å². The van der Waals surface area contributed by atoms with E-state index in [0.717, 1.165) is 16.8 Å². The number of nitrogens with zero attached hydrogens (tertiary/aromatic N) is 4. The van der Waals surface area contributed by atoms with E-state index in [0.29, 0.717) is 35.4 Å². The fourth-order valence-electron chi connectivity index (χ4n) is 3.77. The van der Waals surface area contributed by atoms with E-state index in [1.807, 2.05) is 0 Å². The monoisotopic (exact) mass is 488 g/mol. The molecule has 2 heterocycles. The molecule has 3 aromatic rings. The van der Waals surface area contributed by atoms with Crippen molar-refractivity contribution in [3.63, 3.8) is 0 Å². The minimum atomic E-state index is -4.82. The van der Waals surface area contributed by atoms with Gasteiger partial charge in [-0.2, -0.15) is 4.68 Å². The third-order valence-corrected chi connectivity index (χ3v) is 5.48. The summed E-state index contributed by atoms with van der Waals surface area (Å²) >= 11 is 0. The van der Waals surface area contributed by atoms with E-state index >= 15 is 0 Å². The summed E-state index contributed by atoms with van der Waals surface area (Å²) in [6, 6.07) is 11.7. The van der Waals surface area contributed by atoms with Gasteiger partial charge in [0, 0.05) is 32.3 Å². The molecule has 11 heteroatoms. The second-order valence-corrected chi connectivity index (χ2v) is 7.72. The number of hydrogen-bond donors (Lipinski definition) is 1. The van der Waals surface area contributed by atoms with Crippen LogP contribution >= 0.6 is 0 Å². The van der Waals surface area contributed by atoms with Crippen LogP contribution < -0.4 is 15.2 Å². The Morgan fingerprint density at radius 3 is 2.46 bits per heavy atom. The molecule has 0 bridgehead atoms. The molecule has 184 valence electrons. The fourth-order valence-corrected chi connectivity index (χ4v) is 3.77. The quantitative estimate of drug-likeness (QED) is 0.546. The smallest absolute Gasteiger partial charge is 0.406 e. The molecule has 0 radical (unpaired) electrons. The predicted molar refractivity (Wildman–Crippen MR) is 124 cm³/mol. The topological polar surface area (TPSA) is 80.1 Å². The van der Waals surface area contributed by atoms with Gasteiger partial charge >= 0.3 is 6.36 Å². The zero-order chi connectivity index (χ0) is 25.2. The van der Waals surface area contributed by atoms with E-state index in [1.165, 1.54) is 12.1 Å². The molecule has 0 saturated carbocycles. The van der Waals surface area contributed by atoms with Gasteiger partial charge < -0.3 is 24.4 Å². The van der Waals surface area contributed by atoms with Gasteiger partial charge in [0.25, 0.3) is 5.56 Å². The number of halogens is 3. The number of rotatable bonds is 7. The number of alkyl halides is 3. The van der Waals surface area contributed by atoms with Gasteiger partial charge in [0.1, 0.15) is 5.75 Å². The Hall–Kier alpha value is -3.83. The Morgan fingerprint density at radius 2 is 1.80 bits per heavy atom. The van der Waals surface area contributed by atoms with Crippen LogP contribution in [0.2, 0.25) is 0 Å². The Bertz CT molecular complexity index is 1320. The predicted octanol–water partition coefficient (Wildman–Crippen LogP) is 3.40. The molecule has 4 rings (SSSR count). The number of aromatic nitrogens is 2. The second kappa shape index (κ2) is 9.80. The van der Waals surface area contributed by atoms with Crippen molar-refractivity contribution in [3.05, 3.63) is 82.9 Å². The first-order chi connectivity index (χ1) is 16.7. The number of allylic oxidation sites excluding steroid dienone is 2.